The number of nitrogens with zero attached hydrogens (tertiary/aromatic N) is 5. The van der Waals surface area contributed by atoms with Crippen LogP contribution in [0.1, 0.15) is 48.5 Å². The highest BCUT2D eigenvalue weighted by Crippen LogP contribution is 2.49. The van der Waals surface area contributed by atoms with Crippen LogP contribution in [0, 0.1) is 6.92 Å². The van der Waals surface area contributed by atoms with Crippen LogP contribution in [0.2, 0.25) is 0 Å². The van der Waals surface area contributed by atoms with Gasteiger partial charge in [-0.2, -0.15) is 19.0 Å². The first-order valence-electron chi connectivity index (χ1n) is 8.12. The molecular weight excluding hydrogens is 344 g/mol. The summed E-state index contributed by atoms with van der Waals surface area (Å²) in [6, 6.07) is 3.38. The van der Waals surface area contributed by atoms with E-state index in [4.69, 9.17) is 4.74 Å². The van der Waals surface area contributed by atoms with Crippen LogP contribution in [0.15, 0.2) is 24.5 Å². The second-order valence-corrected chi connectivity index (χ2v) is 6.69. The Labute approximate surface area is 147 Å². The molecule has 1 aliphatic carbocycles. The molecule has 2 atom stereocenters. The topological polar surface area (TPSA) is 74.3 Å². The van der Waals surface area contributed by atoms with Gasteiger partial charge >= 0.3 is 12.5 Å². The van der Waals surface area contributed by atoms with Crippen molar-refractivity contribution in [3.05, 3.63) is 47.2 Å². The molecule has 136 valence electrons. The molecule has 2 unspecified atom stereocenters. The molecule has 0 amide bonds. The Morgan fingerprint density at radius 3 is 2.85 bits per heavy atom. The van der Waals surface area contributed by atoms with Gasteiger partial charge in [0.05, 0.1) is 35.5 Å². The number of fused-ring (bicyclic) bond motifs is 3. The maximum atomic E-state index is 13.0. The molecule has 0 aromatic carbocycles. The molecule has 0 aliphatic heterocycles. The monoisotopic (exact) mass is 361 g/mol. The molecule has 4 rings (SSSR count). The molecule has 7 nitrogen and oxygen atoms in total. The van der Waals surface area contributed by atoms with Gasteiger partial charge in [-0.3, -0.25) is 4.79 Å². The van der Waals surface area contributed by atoms with E-state index in [9.17, 15) is 13.6 Å². The lowest BCUT2D eigenvalue weighted by Gasteiger charge is -2.23. The fourth-order valence-corrected chi connectivity index (χ4v) is 3.80. The molecule has 3 aromatic rings. The lowest BCUT2D eigenvalue weighted by Crippen LogP contribution is -2.25. The third-order valence-electron chi connectivity index (χ3n) is 5.00. The summed E-state index contributed by atoms with van der Waals surface area (Å²) < 4.78 is 33.2. The van der Waals surface area contributed by atoms with Gasteiger partial charge in [0.1, 0.15) is 0 Å². The molecule has 9 heteroatoms. The highest BCUT2D eigenvalue weighted by Gasteiger charge is 2.49. The van der Waals surface area contributed by atoms with E-state index in [1.807, 2.05) is 19.9 Å². The summed E-state index contributed by atoms with van der Waals surface area (Å²) in [5, 5.41) is 8.54. The Kier molecular flexibility index (Phi) is 3.57. The molecule has 0 spiro atoms. The van der Waals surface area contributed by atoms with Gasteiger partial charge in [0.25, 0.3) is 0 Å². The van der Waals surface area contributed by atoms with E-state index in [2.05, 4.69) is 15.2 Å². The minimum atomic E-state index is -2.73. The molecule has 26 heavy (non-hydrogen) atoms. The number of carbonyl (C=O) groups is 1. The normalized spacial score (nSPS) is 22.2. The van der Waals surface area contributed by atoms with E-state index in [0.29, 0.717) is 28.0 Å². The molecule has 0 radical (unpaired) electrons. The highest BCUT2D eigenvalue weighted by molar-refractivity contribution is 5.80. The summed E-state index contributed by atoms with van der Waals surface area (Å²) >= 11 is 0. The maximum absolute atomic E-state index is 13.0. The summed E-state index contributed by atoms with van der Waals surface area (Å²) in [7, 11) is 1.33. The summed E-state index contributed by atoms with van der Waals surface area (Å²) in [6.07, 6.45) is 3.22. The van der Waals surface area contributed by atoms with Crippen molar-refractivity contribution in [2.45, 2.75) is 38.2 Å². The Morgan fingerprint density at radius 1 is 1.42 bits per heavy atom. The highest BCUT2D eigenvalue weighted by atomic mass is 19.3. The van der Waals surface area contributed by atoms with Crippen molar-refractivity contribution in [3.63, 3.8) is 0 Å². The Balaban J connectivity index is 1.97. The van der Waals surface area contributed by atoms with E-state index in [1.54, 1.807) is 16.8 Å². The van der Waals surface area contributed by atoms with E-state index in [1.165, 1.54) is 13.3 Å². The zero-order valence-electron chi connectivity index (χ0n) is 14.5. The van der Waals surface area contributed by atoms with Gasteiger partial charge in [-0.15, -0.1) is 0 Å². The molecule has 0 saturated heterocycles. The van der Waals surface area contributed by atoms with Crippen LogP contribution in [0.4, 0.5) is 8.78 Å². The average Bonchev–Trinajstić information content (AvgIpc) is 3.29. The van der Waals surface area contributed by atoms with Crippen molar-refractivity contribution in [1.29, 1.82) is 0 Å². The number of alkyl halides is 2. The van der Waals surface area contributed by atoms with Crippen molar-refractivity contribution in [1.82, 2.24) is 24.4 Å². The molecule has 0 fully saturated rings. The number of rotatable bonds is 3. The second kappa shape index (κ2) is 5.58. The van der Waals surface area contributed by atoms with Crippen LogP contribution in [-0.2, 0) is 14.9 Å². The maximum Gasteiger partial charge on any atom is 0.333 e. The number of ether oxygens (including phenoxy) is 1. The van der Waals surface area contributed by atoms with Crippen molar-refractivity contribution in [2.24, 2.45) is 0 Å². The largest absolute Gasteiger partial charge is 0.469 e. The SMILES string of the molecule is COC(=O)C1CC(C)(c2ccn(C(F)F)n2)c2c1cnc1cc(C)nn21. The fourth-order valence-electron chi connectivity index (χ4n) is 3.80. The third kappa shape index (κ3) is 2.23. The lowest BCUT2D eigenvalue weighted by atomic mass is 9.83. The minimum absolute atomic E-state index is 0.342. The van der Waals surface area contributed by atoms with E-state index in [0.717, 1.165) is 11.4 Å². The fraction of sp³-hybridized carbons (Fsp3) is 0.412. The predicted octanol–water partition coefficient (Wildman–Crippen LogP) is 2.60. The first-order chi connectivity index (χ1) is 12.3. The molecule has 0 N–H and O–H groups in total. The first kappa shape index (κ1) is 16.6. The lowest BCUT2D eigenvalue weighted by molar-refractivity contribution is -0.142. The molecular formula is C17H17F2N5O2. The van der Waals surface area contributed by atoms with Crippen molar-refractivity contribution in [3.8, 4) is 0 Å². The van der Waals surface area contributed by atoms with Gasteiger partial charge in [0, 0.05) is 24.0 Å². The van der Waals surface area contributed by atoms with Crippen LogP contribution >= 0.6 is 0 Å². The summed E-state index contributed by atoms with van der Waals surface area (Å²) in [5.74, 6) is -0.952. The quantitative estimate of drug-likeness (QED) is 0.671. The van der Waals surface area contributed by atoms with Gasteiger partial charge in [0.15, 0.2) is 5.65 Å². The molecule has 0 saturated carbocycles. The second-order valence-electron chi connectivity index (χ2n) is 6.69. The Hall–Kier alpha value is -2.84. The number of hydrogen-bond donors (Lipinski definition) is 0. The Morgan fingerprint density at radius 2 is 2.19 bits per heavy atom. The predicted molar refractivity (Wildman–Crippen MR) is 87.0 cm³/mol. The van der Waals surface area contributed by atoms with Gasteiger partial charge in [-0.25, -0.2) is 14.2 Å². The van der Waals surface area contributed by atoms with E-state index in [-0.39, 0.29) is 0 Å². The van der Waals surface area contributed by atoms with Crippen LogP contribution in [-0.4, -0.2) is 37.5 Å². The number of esters is 1. The smallest absolute Gasteiger partial charge is 0.333 e. The number of hydrogen-bond acceptors (Lipinski definition) is 5. The number of methoxy groups -OCH3 is 1. The Bertz CT molecular complexity index is 1010. The minimum Gasteiger partial charge on any atom is -0.469 e. The summed E-state index contributed by atoms with van der Waals surface area (Å²) in [6.45, 7) is 0.995. The van der Waals surface area contributed by atoms with E-state index < -0.39 is 23.9 Å². The van der Waals surface area contributed by atoms with E-state index >= 15 is 0 Å². The molecule has 3 aromatic heterocycles. The summed E-state index contributed by atoms with van der Waals surface area (Å²) in [5.41, 5.74) is 2.48. The third-order valence-corrected chi connectivity index (χ3v) is 5.00. The average molecular weight is 361 g/mol. The van der Waals surface area contributed by atoms with Crippen LogP contribution in [0.3, 0.4) is 0 Å². The first-order valence-corrected chi connectivity index (χ1v) is 8.12. The standard InChI is InChI=1S/C17H17F2N5O2/c1-9-6-13-20-8-11-10(15(25)26-3)7-17(2,14(11)24(13)21-9)12-4-5-23(22-12)16(18)19/h4-6,8,10,16H,7H2,1-3H3. The van der Waals surface area contributed by atoms with Crippen molar-refractivity contribution in [2.75, 3.05) is 7.11 Å². The number of aryl methyl sites for hydroxylation is 1. The van der Waals surface area contributed by atoms with Crippen LogP contribution in [0.25, 0.3) is 5.65 Å². The van der Waals surface area contributed by atoms with Crippen LogP contribution in [0.5, 0.6) is 0 Å². The summed E-state index contributed by atoms with van der Waals surface area (Å²) in [4.78, 5) is 16.7. The molecule has 0 bridgehead atoms. The van der Waals surface area contributed by atoms with Gasteiger partial charge in [0.2, 0.25) is 0 Å². The molecule has 3 heterocycles. The number of halogens is 2. The zero-order chi connectivity index (χ0) is 18.6. The number of aromatic nitrogens is 5. The van der Waals surface area contributed by atoms with Crippen molar-refractivity contribution >= 4 is 11.6 Å². The molecule has 1 aliphatic rings. The van der Waals surface area contributed by atoms with Gasteiger partial charge in [-0.1, -0.05) is 0 Å². The number of carbonyl (C=O) groups excluding carboxylic acids is 1. The van der Waals surface area contributed by atoms with Gasteiger partial charge in [-0.05, 0) is 26.3 Å². The van der Waals surface area contributed by atoms with Crippen molar-refractivity contribution < 1.29 is 18.3 Å². The van der Waals surface area contributed by atoms with Crippen LogP contribution < -0.4 is 0 Å². The van der Waals surface area contributed by atoms with Gasteiger partial charge < -0.3 is 4.74 Å². The zero-order valence-corrected chi connectivity index (χ0v) is 14.5.